The fourth-order valence-electron chi connectivity index (χ4n) is 4.87. The van der Waals surface area contributed by atoms with Crippen LogP contribution in [0.2, 0.25) is 0 Å². The Morgan fingerprint density at radius 2 is 1.76 bits per heavy atom. The van der Waals surface area contributed by atoms with E-state index in [2.05, 4.69) is 39.4 Å². The lowest BCUT2D eigenvalue weighted by Crippen LogP contribution is -2.45. The molecule has 4 heteroatoms. The van der Waals surface area contributed by atoms with Crippen LogP contribution in [-0.2, 0) is 13.1 Å². The summed E-state index contributed by atoms with van der Waals surface area (Å²) in [6.07, 6.45) is 7.16. The summed E-state index contributed by atoms with van der Waals surface area (Å²) in [6.45, 7) is 6.65. The van der Waals surface area contributed by atoms with Crippen molar-refractivity contribution in [3.63, 3.8) is 0 Å². The van der Waals surface area contributed by atoms with Crippen molar-refractivity contribution in [3.8, 4) is 0 Å². The molecule has 0 saturated carbocycles. The molecule has 0 amide bonds. The molecule has 2 N–H and O–H groups in total. The second kappa shape index (κ2) is 8.17. The van der Waals surface area contributed by atoms with Gasteiger partial charge in [0, 0.05) is 38.3 Å². The standard InChI is InChI=1S/C21H33N3O/c25-21-8-11-23(12-9-21)16-18-5-2-1-4-17(18)15-22-19-7-13-24-10-3-6-20(24)14-19/h1-2,4-5,19-22,25H,3,6-16H2. The number of nitrogens with one attached hydrogen (secondary N) is 1. The zero-order chi connectivity index (χ0) is 17.1. The van der Waals surface area contributed by atoms with Gasteiger partial charge in [0.05, 0.1) is 6.10 Å². The number of aliphatic hydroxyl groups is 1. The first-order chi connectivity index (χ1) is 12.3. The Bertz CT molecular complexity index is 556. The van der Waals surface area contributed by atoms with Crippen LogP contribution in [0.1, 0.15) is 49.7 Å². The molecular weight excluding hydrogens is 310 g/mol. The highest BCUT2D eigenvalue weighted by atomic mass is 16.3. The van der Waals surface area contributed by atoms with Gasteiger partial charge in [0.1, 0.15) is 0 Å². The molecule has 3 saturated heterocycles. The van der Waals surface area contributed by atoms with Crippen LogP contribution in [0.3, 0.4) is 0 Å². The lowest BCUT2D eigenvalue weighted by molar-refractivity contribution is 0.0791. The number of piperidine rings is 2. The van der Waals surface area contributed by atoms with Gasteiger partial charge in [-0.2, -0.15) is 0 Å². The monoisotopic (exact) mass is 343 g/mol. The lowest BCUT2D eigenvalue weighted by atomic mass is 9.97. The molecule has 0 bridgehead atoms. The van der Waals surface area contributed by atoms with Crippen LogP contribution < -0.4 is 5.32 Å². The van der Waals surface area contributed by atoms with E-state index in [1.165, 1.54) is 49.9 Å². The number of nitrogens with zero attached hydrogens (tertiary/aromatic N) is 2. The summed E-state index contributed by atoms with van der Waals surface area (Å²) in [7, 11) is 0. The van der Waals surface area contributed by atoms with Crippen molar-refractivity contribution in [2.45, 2.75) is 69.8 Å². The largest absolute Gasteiger partial charge is 0.393 e. The minimum Gasteiger partial charge on any atom is -0.393 e. The van der Waals surface area contributed by atoms with Gasteiger partial charge in [-0.05, 0) is 62.7 Å². The Morgan fingerprint density at radius 3 is 2.60 bits per heavy atom. The lowest BCUT2D eigenvalue weighted by Gasteiger charge is -2.35. The third kappa shape index (κ3) is 4.43. The van der Waals surface area contributed by atoms with E-state index in [0.29, 0.717) is 6.04 Å². The van der Waals surface area contributed by atoms with Crippen molar-refractivity contribution < 1.29 is 5.11 Å². The Morgan fingerprint density at radius 1 is 0.960 bits per heavy atom. The SMILES string of the molecule is OC1CCN(Cc2ccccc2CNC2CCN3CCCC3C2)CC1. The van der Waals surface area contributed by atoms with Crippen molar-refractivity contribution >= 4 is 0 Å². The first kappa shape index (κ1) is 17.5. The number of likely N-dealkylation sites (tertiary alicyclic amines) is 1. The predicted molar refractivity (Wildman–Crippen MR) is 101 cm³/mol. The van der Waals surface area contributed by atoms with E-state index >= 15 is 0 Å². The highest BCUT2D eigenvalue weighted by Crippen LogP contribution is 2.27. The molecule has 2 unspecified atom stereocenters. The van der Waals surface area contributed by atoms with E-state index in [1.807, 2.05) is 0 Å². The van der Waals surface area contributed by atoms with Gasteiger partial charge in [0.25, 0.3) is 0 Å². The fourth-order valence-corrected chi connectivity index (χ4v) is 4.87. The van der Waals surface area contributed by atoms with Crippen molar-refractivity contribution in [2.24, 2.45) is 0 Å². The molecule has 0 aliphatic carbocycles. The maximum absolute atomic E-state index is 9.70. The Kier molecular flexibility index (Phi) is 5.71. The Labute approximate surface area is 152 Å². The highest BCUT2D eigenvalue weighted by molar-refractivity contribution is 5.27. The van der Waals surface area contributed by atoms with Crippen LogP contribution in [0.15, 0.2) is 24.3 Å². The summed E-state index contributed by atoms with van der Waals surface area (Å²) in [6, 6.07) is 10.4. The molecule has 2 atom stereocenters. The van der Waals surface area contributed by atoms with Crippen LogP contribution in [-0.4, -0.2) is 59.3 Å². The van der Waals surface area contributed by atoms with Gasteiger partial charge in [-0.15, -0.1) is 0 Å². The maximum Gasteiger partial charge on any atom is 0.0564 e. The molecule has 0 spiro atoms. The smallest absolute Gasteiger partial charge is 0.0564 e. The number of benzene rings is 1. The molecule has 3 aliphatic rings. The van der Waals surface area contributed by atoms with E-state index < -0.39 is 0 Å². The fraction of sp³-hybridized carbons (Fsp3) is 0.714. The maximum atomic E-state index is 9.70. The Balaban J connectivity index is 1.31. The van der Waals surface area contributed by atoms with Crippen molar-refractivity contribution in [1.82, 2.24) is 15.1 Å². The number of fused-ring (bicyclic) bond motifs is 1. The number of rotatable bonds is 5. The number of hydrogen-bond acceptors (Lipinski definition) is 4. The van der Waals surface area contributed by atoms with Gasteiger partial charge >= 0.3 is 0 Å². The number of hydrogen-bond donors (Lipinski definition) is 2. The zero-order valence-electron chi connectivity index (χ0n) is 15.4. The molecule has 1 aromatic rings. The van der Waals surface area contributed by atoms with E-state index in [9.17, 15) is 5.11 Å². The van der Waals surface area contributed by atoms with Crippen LogP contribution in [0.5, 0.6) is 0 Å². The molecule has 3 aliphatic heterocycles. The average molecular weight is 344 g/mol. The molecule has 1 aromatic carbocycles. The first-order valence-corrected chi connectivity index (χ1v) is 10.2. The van der Waals surface area contributed by atoms with E-state index in [4.69, 9.17) is 0 Å². The quantitative estimate of drug-likeness (QED) is 0.861. The zero-order valence-corrected chi connectivity index (χ0v) is 15.4. The summed E-state index contributed by atoms with van der Waals surface area (Å²) < 4.78 is 0. The normalized spacial score (nSPS) is 29.0. The molecule has 0 aromatic heterocycles. The molecule has 138 valence electrons. The van der Waals surface area contributed by atoms with Gasteiger partial charge in [-0.3, -0.25) is 4.90 Å². The summed E-state index contributed by atoms with van der Waals surface area (Å²) in [5.74, 6) is 0. The van der Waals surface area contributed by atoms with Crippen molar-refractivity contribution in [2.75, 3.05) is 26.2 Å². The van der Waals surface area contributed by atoms with Gasteiger partial charge in [0.2, 0.25) is 0 Å². The first-order valence-electron chi connectivity index (χ1n) is 10.2. The third-order valence-corrected chi connectivity index (χ3v) is 6.47. The Hall–Kier alpha value is -0.940. The highest BCUT2D eigenvalue weighted by Gasteiger charge is 2.31. The third-order valence-electron chi connectivity index (χ3n) is 6.47. The average Bonchev–Trinajstić information content (AvgIpc) is 3.11. The van der Waals surface area contributed by atoms with Crippen LogP contribution in [0.25, 0.3) is 0 Å². The van der Waals surface area contributed by atoms with Gasteiger partial charge in [-0.25, -0.2) is 0 Å². The molecule has 0 radical (unpaired) electrons. The minimum atomic E-state index is -0.0883. The van der Waals surface area contributed by atoms with Crippen LogP contribution in [0, 0.1) is 0 Å². The summed E-state index contributed by atoms with van der Waals surface area (Å²) in [5, 5.41) is 13.6. The van der Waals surface area contributed by atoms with Crippen LogP contribution in [0.4, 0.5) is 0 Å². The summed E-state index contributed by atoms with van der Waals surface area (Å²) in [5.41, 5.74) is 2.90. The number of aliphatic hydroxyl groups excluding tert-OH is 1. The van der Waals surface area contributed by atoms with Gasteiger partial charge in [0.15, 0.2) is 0 Å². The second-order valence-electron chi connectivity index (χ2n) is 8.21. The summed E-state index contributed by atoms with van der Waals surface area (Å²) in [4.78, 5) is 5.18. The molecular formula is C21H33N3O. The molecule has 3 heterocycles. The molecule has 25 heavy (non-hydrogen) atoms. The van der Waals surface area contributed by atoms with Crippen molar-refractivity contribution in [3.05, 3.63) is 35.4 Å². The molecule has 4 rings (SSSR count). The van der Waals surface area contributed by atoms with Gasteiger partial charge in [-0.1, -0.05) is 24.3 Å². The second-order valence-corrected chi connectivity index (χ2v) is 8.21. The predicted octanol–water partition coefficient (Wildman–Crippen LogP) is 2.36. The molecule has 4 nitrogen and oxygen atoms in total. The summed E-state index contributed by atoms with van der Waals surface area (Å²) >= 11 is 0. The van der Waals surface area contributed by atoms with Gasteiger partial charge < -0.3 is 15.3 Å². The van der Waals surface area contributed by atoms with E-state index in [0.717, 1.165) is 45.1 Å². The van der Waals surface area contributed by atoms with Crippen molar-refractivity contribution in [1.29, 1.82) is 0 Å². The van der Waals surface area contributed by atoms with E-state index in [-0.39, 0.29) is 6.10 Å². The van der Waals surface area contributed by atoms with E-state index in [1.54, 1.807) is 0 Å². The minimum absolute atomic E-state index is 0.0883. The topological polar surface area (TPSA) is 38.7 Å². The molecule has 3 fully saturated rings. The van der Waals surface area contributed by atoms with Crippen LogP contribution >= 0.6 is 0 Å².